The first kappa shape index (κ1) is 23.9. The predicted octanol–water partition coefficient (Wildman–Crippen LogP) is 4.94. The molecule has 0 bridgehead atoms. The second kappa shape index (κ2) is 10.9. The zero-order valence-corrected chi connectivity index (χ0v) is 21.0. The third-order valence-corrected chi connectivity index (χ3v) is 6.90. The van der Waals surface area contributed by atoms with Gasteiger partial charge in [-0.25, -0.2) is 4.98 Å². The number of rotatable bonds is 7. The number of anilines is 1. The van der Waals surface area contributed by atoms with Gasteiger partial charge in [-0.15, -0.1) is 0 Å². The second-order valence-corrected chi connectivity index (χ2v) is 9.61. The third kappa shape index (κ3) is 5.39. The molecule has 1 atom stereocenters. The van der Waals surface area contributed by atoms with Crippen molar-refractivity contribution in [3.05, 3.63) is 90.3 Å². The maximum Gasteiger partial charge on any atom is 0.252 e. The molecule has 3 heterocycles. The molecule has 4 aromatic rings. The molecule has 0 radical (unpaired) electrons. The van der Waals surface area contributed by atoms with Crippen LogP contribution in [-0.2, 0) is 0 Å². The molecule has 2 aromatic carbocycles. The van der Waals surface area contributed by atoms with Crippen molar-refractivity contribution in [1.82, 2.24) is 20.2 Å². The summed E-state index contributed by atoms with van der Waals surface area (Å²) < 4.78 is 0. The minimum absolute atomic E-state index is 0.0589. The van der Waals surface area contributed by atoms with Crippen LogP contribution in [0.15, 0.2) is 79.1 Å². The first-order valence-electron chi connectivity index (χ1n) is 12.7. The number of carbonyl (C=O) groups is 1. The van der Waals surface area contributed by atoms with Crippen LogP contribution >= 0.6 is 0 Å². The normalized spacial score (nSPS) is 16.3. The number of para-hydroxylation sites is 1. The smallest absolute Gasteiger partial charge is 0.252 e. The van der Waals surface area contributed by atoms with Crippen molar-refractivity contribution in [2.75, 3.05) is 37.6 Å². The van der Waals surface area contributed by atoms with Gasteiger partial charge in [0.05, 0.1) is 16.8 Å². The average Bonchev–Trinajstić information content (AvgIpc) is 2.91. The van der Waals surface area contributed by atoms with E-state index in [0.29, 0.717) is 18.2 Å². The van der Waals surface area contributed by atoms with Gasteiger partial charge in [0.25, 0.3) is 5.91 Å². The summed E-state index contributed by atoms with van der Waals surface area (Å²) in [7, 11) is 0. The van der Waals surface area contributed by atoms with Gasteiger partial charge < -0.3 is 10.2 Å². The predicted molar refractivity (Wildman–Crippen MR) is 146 cm³/mol. The average molecular weight is 480 g/mol. The van der Waals surface area contributed by atoms with Crippen molar-refractivity contribution in [2.24, 2.45) is 0 Å². The molecule has 0 saturated carbocycles. The van der Waals surface area contributed by atoms with Gasteiger partial charge in [-0.2, -0.15) is 0 Å². The van der Waals surface area contributed by atoms with Crippen LogP contribution in [-0.4, -0.2) is 59.5 Å². The molecule has 1 N–H and O–H groups in total. The monoisotopic (exact) mass is 479 g/mol. The molecule has 1 aliphatic rings. The Labute approximate surface area is 213 Å². The minimum Gasteiger partial charge on any atom is -0.366 e. The fourth-order valence-corrected chi connectivity index (χ4v) is 5.05. The highest BCUT2D eigenvalue weighted by atomic mass is 16.1. The Bertz CT molecular complexity index is 1340. The fraction of sp³-hybridized carbons (Fsp3) is 0.300. The van der Waals surface area contributed by atoms with E-state index in [1.54, 1.807) is 12.4 Å². The third-order valence-electron chi connectivity index (χ3n) is 6.90. The van der Waals surface area contributed by atoms with Crippen LogP contribution in [0.2, 0.25) is 0 Å². The second-order valence-electron chi connectivity index (χ2n) is 9.61. The molecule has 6 heteroatoms. The SMILES string of the molecule is Cc1cccc(N2CCN(CCCNC(=O)c3cc(-c4cccnc4)nc4ccccc34)CC2C)c1. The fourth-order valence-electron chi connectivity index (χ4n) is 5.05. The largest absolute Gasteiger partial charge is 0.366 e. The maximum atomic E-state index is 13.2. The number of carbonyl (C=O) groups excluding carboxylic acids is 1. The first-order chi connectivity index (χ1) is 17.6. The molecule has 2 aromatic heterocycles. The summed E-state index contributed by atoms with van der Waals surface area (Å²) in [6, 6.07) is 22.7. The Morgan fingerprint density at radius 3 is 2.75 bits per heavy atom. The van der Waals surface area contributed by atoms with Crippen LogP contribution in [0.4, 0.5) is 5.69 Å². The highest BCUT2D eigenvalue weighted by molar-refractivity contribution is 6.07. The van der Waals surface area contributed by atoms with Crippen LogP contribution in [0.5, 0.6) is 0 Å². The van der Waals surface area contributed by atoms with Crippen LogP contribution in [0.25, 0.3) is 22.2 Å². The molecule has 1 saturated heterocycles. The van der Waals surface area contributed by atoms with E-state index in [1.807, 2.05) is 42.5 Å². The van der Waals surface area contributed by atoms with Gasteiger partial charge in [0.2, 0.25) is 0 Å². The lowest BCUT2D eigenvalue weighted by Gasteiger charge is -2.41. The number of pyridine rings is 2. The molecule has 5 rings (SSSR count). The van der Waals surface area contributed by atoms with Crippen LogP contribution in [0, 0.1) is 6.92 Å². The molecule has 1 aliphatic heterocycles. The number of piperazine rings is 1. The molecular weight excluding hydrogens is 446 g/mol. The van der Waals surface area contributed by atoms with E-state index in [0.717, 1.165) is 54.8 Å². The van der Waals surface area contributed by atoms with Crippen molar-refractivity contribution in [2.45, 2.75) is 26.3 Å². The zero-order valence-electron chi connectivity index (χ0n) is 21.0. The van der Waals surface area contributed by atoms with E-state index in [2.05, 4.69) is 58.2 Å². The minimum atomic E-state index is -0.0589. The topological polar surface area (TPSA) is 61.4 Å². The Hall–Kier alpha value is -3.77. The van der Waals surface area contributed by atoms with Gasteiger partial charge in [-0.05, 0) is 68.8 Å². The van der Waals surface area contributed by atoms with Gasteiger partial charge >= 0.3 is 0 Å². The highest BCUT2D eigenvalue weighted by Crippen LogP contribution is 2.25. The van der Waals surface area contributed by atoms with Crippen molar-refractivity contribution < 1.29 is 4.79 Å². The molecule has 1 unspecified atom stereocenters. The summed E-state index contributed by atoms with van der Waals surface area (Å²) in [6.07, 6.45) is 4.43. The number of aryl methyl sites for hydroxylation is 1. The number of nitrogens with one attached hydrogen (secondary N) is 1. The number of nitrogens with zero attached hydrogens (tertiary/aromatic N) is 4. The lowest BCUT2D eigenvalue weighted by molar-refractivity contribution is 0.0952. The number of fused-ring (bicyclic) bond motifs is 1. The van der Waals surface area contributed by atoms with Gasteiger partial charge in [-0.1, -0.05) is 30.3 Å². The molecule has 6 nitrogen and oxygen atoms in total. The summed E-state index contributed by atoms with van der Waals surface area (Å²) in [5.74, 6) is -0.0589. The first-order valence-corrected chi connectivity index (χ1v) is 12.7. The summed E-state index contributed by atoms with van der Waals surface area (Å²) in [6.45, 7) is 9.16. The quantitative estimate of drug-likeness (QED) is 0.381. The number of aromatic nitrogens is 2. The Kier molecular flexibility index (Phi) is 7.23. The van der Waals surface area contributed by atoms with E-state index < -0.39 is 0 Å². The van der Waals surface area contributed by atoms with E-state index in [4.69, 9.17) is 4.98 Å². The van der Waals surface area contributed by atoms with Gasteiger partial charge in [-0.3, -0.25) is 14.7 Å². The zero-order chi connectivity index (χ0) is 24.9. The van der Waals surface area contributed by atoms with E-state index in [9.17, 15) is 4.79 Å². The Morgan fingerprint density at radius 2 is 1.94 bits per heavy atom. The van der Waals surface area contributed by atoms with Gasteiger partial charge in [0.1, 0.15) is 0 Å². The lowest BCUT2D eigenvalue weighted by Crippen LogP contribution is -2.52. The van der Waals surface area contributed by atoms with E-state index in [-0.39, 0.29) is 5.91 Å². The van der Waals surface area contributed by atoms with Crippen LogP contribution < -0.4 is 10.2 Å². The summed E-state index contributed by atoms with van der Waals surface area (Å²) in [5.41, 5.74) is 5.73. The van der Waals surface area contributed by atoms with Crippen LogP contribution in [0.1, 0.15) is 29.3 Å². The Balaban J connectivity index is 1.18. The van der Waals surface area contributed by atoms with E-state index in [1.165, 1.54) is 11.3 Å². The van der Waals surface area contributed by atoms with Crippen LogP contribution in [0.3, 0.4) is 0 Å². The van der Waals surface area contributed by atoms with Crippen molar-refractivity contribution in [3.8, 4) is 11.3 Å². The number of amides is 1. The lowest BCUT2D eigenvalue weighted by atomic mass is 10.0. The van der Waals surface area contributed by atoms with Gasteiger partial charge in [0, 0.05) is 61.3 Å². The van der Waals surface area contributed by atoms with Crippen molar-refractivity contribution >= 4 is 22.5 Å². The molecular formula is C30H33N5O. The van der Waals surface area contributed by atoms with E-state index >= 15 is 0 Å². The summed E-state index contributed by atoms with van der Waals surface area (Å²) in [4.78, 5) is 27.2. The Morgan fingerprint density at radius 1 is 1.06 bits per heavy atom. The molecule has 1 amide bonds. The highest BCUT2D eigenvalue weighted by Gasteiger charge is 2.23. The maximum absolute atomic E-state index is 13.2. The summed E-state index contributed by atoms with van der Waals surface area (Å²) >= 11 is 0. The summed E-state index contributed by atoms with van der Waals surface area (Å²) in [5, 5.41) is 4.01. The number of benzene rings is 2. The molecule has 36 heavy (non-hydrogen) atoms. The van der Waals surface area contributed by atoms with Gasteiger partial charge in [0.15, 0.2) is 0 Å². The molecule has 0 aliphatic carbocycles. The van der Waals surface area contributed by atoms with Crippen molar-refractivity contribution in [3.63, 3.8) is 0 Å². The molecule has 1 fully saturated rings. The van der Waals surface area contributed by atoms with Crippen molar-refractivity contribution in [1.29, 1.82) is 0 Å². The number of hydrogen-bond donors (Lipinski definition) is 1. The standard InChI is InChI=1S/C30H33N5O/c1-22-8-5-10-25(18-22)35-17-16-34(21-23(35)2)15-7-14-32-30(36)27-19-29(24-9-6-13-31-20-24)33-28-12-4-3-11-26(27)28/h3-6,8-13,18-20,23H,7,14-17,21H2,1-2H3,(H,32,36). The molecule has 0 spiro atoms. The number of hydrogen-bond acceptors (Lipinski definition) is 5. The molecule has 184 valence electrons.